The summed E-state index contributed by atoms with van der Waals surface area (Å²) in [7, 11) is 0. The minimum atomic E-state index is -0.514. The summed E-state index contributed by atoms with van der Waals surface area (Å²) in [5.41, 5.74) is 14.5. The van der Waals surface area contributed by atoms with Crippen LogP contribution >= 0.6 is 11.6 Å². The van der Waals surface area contributed by atoms with Gasteiger partial charge in [-0.25, -0.2) is 9.18 Å². The van der Waals surface area contributed by atoms with Crippen LogP contribution in [0.1, 0.15) is 16.7 Å². The van der Waals surface area contributed by atoms with Crippen LogP contribution in [-0.2, 0) is 13.0 Å². The highest BCUT2D eigenvalue weighted by atomic mass is 35.5. The van der Waals surface area contributed by atoms with Crippen LogP contribution in [0.15, 0.2) is 29.5 Å². The van der Waals surface area contributed by atoms with Crippen LogP contribution in [0, 0.1) is 12.7 Å². The largest absolute Gasteiger partial charge is 0.370 e. The van der Waals surface area contributed by atoms with E-state index in [1.165, 1.54) is 11.1 Å². The molecule has 2 heterocycles. The molecule has 1 aliphatic heterocycles. The Morgan fingerprint density at radius 2 is 2.08 bits per heavy atom. The number of aryl methyl sites for hydroxylation is 1. The molecule has 130 valence electrons. The molecule has 2 amide bonds. The third-order valence-electron chi connectivity index (χ3n) is 4.26. The molecule has 0 atom stereocenters. The zero-order chi connectivity index (χ0) is 18.1. The first kappa shape index (κ1) is 17.2. The van der Waals surface area contributed by atoms with Gasteiger partial charge in [-0.3, -0.25) is 4.98 Å². The number of fused-ring (bicyclic) bond motifs is 1. The highest BCUT2D eigenvalue weighted by molar-refractivity contribution is 6.33. The first-order valence-electron chi connectivity index (χ1n) is 7.67. The average molecular weight is 362 g/mol. The molecule has 6 nitrogen and oxygen atoms in total. The van der Waals surface area contributed by atoms with Gasteiger partial charge >= 0.3 is 6.03 Å². The lowest BCUT2D eigenvalue weighted by atomic mass is 9.88. The standard InChI is InChI=1S/C17H17ClFN5O/c1-9-2-3-11(15-13(18)6-22-7-14(15)19)12-8-24(5-4-10(9)12)17(25)23-16(20)21/h2-3,6-7H,4-5,8H2,1H3,(H4,20,21,23,25). The number of amides is 2. The normalized spacial score (nSPS) is 13.3. The summed E-state index contributed by atoms with van der Waals surface area (Å²) in [6.07, 6.45) is 3.15. The van der Waals surface area contributed by atoms with E-state index < -0.39 is 11.8 Å². The molecule has 1 aromatic heterocycles. The highest BCUT2D eigenvalue weighted by Crippen LogP contribution is 2.37. The van der Waals surface area contributed by atoms with Gasteiger partial charge in [0, 0.05) is 24.8 Å². The van der Waals surface area contributed by atoms with Gasteiger partial charge in [0.15, 0.2) is 11.8 Å². The fraction of sp³-hybridized carbons (Fsp3) is 0.235. The van der Waals surface area contributed by atoms with Gasteiger partial charge in [-0.2, -0.15) is 4.99 Å². The van der Waals surface area contributed by atoms with Gasteiger partial charge in [-0.05, 0) is 35.6 Å². The Balaban J connectivity index is 2.10. The number of benzene rings is 1. The second-order valence-corrected chi connectivity index (χ2v) is 6.26. The van der Waals surface area contributed by atoms with Crippen LogP contribution < -0.4 is 11.5 Å². The van der Waals surface area contributed by atoms with Crippen molar-refractivity contribution in [2.24, 2.45) is 16.5 Å². The van der Waals surface area contributed by atoms with E-state index in [-0.39, 0.29) is 23.1 Å². The summed E-state index contributed by atoms with van der Waals surface area (Å²) in [6, 6.07) is 3.23. The summed E-state index contributed by atoms with van der Waals surface area (Å²) in [4.78, 5) is 21.0. The van der Waals surface area contributed by atoms with E-state index in [1.54, 1.807) is 0 Å². The number of guanidine groups is 1. The van der Waals surface area contributed by atoms with Crippen LogP contribution in [0.2, 0.25) is 5.02 Å². The average Bonchev–Trinajstić information content (AvgIpc) is 2.55. The monoisotopic (exact) mass is 361 g/mol. The molecule has 2 aromatic rings. The molecule has 1 aromatic carbocycles. The third kappa shape index (κ3) is 3.28. The number of urea groups is 1. The number of rotatable bonds is 1. The minimum Gasteiger partial charge on any atom is -0.370 e. The predicted octanol–water partition coefficient (Wildman–Crippen LogP) is 2.60. The van der Waals surface area contributed by atoms with Crippen molar-refractivity contribution in [1.82, 2.24) is 9.88 Å². The van der Waals surface area contributed by atoms with Crippen molar-refractivity contribution in [3.8, 4) is 11.1 Å². The zero-order valence-corrected chi connectivity index (χ0v) is 14.3. The molecule has 0 aliphatic carbocycles. The van der Waals surface area contributed by atoms with Crippen LogP contribution in [0.3, 0.4) is 0 Å². The summed E-state index contributed by atoms with van der Waals surface area (Å²) in [6.45, 7) is 2.75. The number of hydrogen-bond donors (Lipinski definition) is 2. The number of carbonyl (C=O) groups excluding carboxylic acids is 1. The van der Waals surface area contributed by atoms with Crippen molar-refractivity contribution in [2.45, 2.75) is 19.9 Å². The van der Waals surface area contributed by atoms with Gasteiger partial charge in [0.1, 0.15) is 0 Å². The molecule has 0 bridgehead atoms. The van der Waals surface area contributed by atoms with Crippen LogP contribution in [0.4, 0.5) is 9.18 Å². The summed E-state index contributed by atoms with van der Waals surface area (Å²) >= 11 is 6.18. The zero-order valence-electron chi connectivity index (χ0n) is 13.6. The number of hydrogen-bond acceptors (Lipinski definition) is 2. The maximum Gasteiger partial charge on any atom is 0.347 e. The molecular formula is C17H17ClFN5O. The van der Waals surface area contributed by atoms with Crippen molar-refractivity contribution in [1.29, 1.82) is 0 Å². The van der Waals surface area contributed by atoms with Crippen molar-refractivity contribution in [3.05, 3.63) is 52.1 Å². The van der Waals surface area contributed by atoms with E-state index in [9.17, 15) is 9.18 Å². The van der Waals surface area contributed by atoms with E-state index in [0.29, 0.717) is 18.5 Å². The molecule has 0 unspecified atom stereocenters. The molecule has 0 spiro atoms. The fourth-order valence-electron chi connectivity index (χ4n) is 3.10. The fourth-order valence-corrected chi connectivity index (χ4v) is 3.35. The number of aliphatic imine (C=N–C) groups is 1. The molecule has 0 radical (unpaired) electrons. The number of nitrogens with zero attached hydrogens (tertiary/aromatic N) is 3. The lowest BCUT2D eigenvalue weighted by Crippen LogP contribution is -2.37. The van der Waals surface area contributed by atoms with Crippen molar-refractivity contribution in [3.63, 3.8) is 0 Å². The Labute approximate surface area is 149 Å². The lowest BCUT2D eigenvalue weighted by molar-refractivity contribution is 0.202. The minimum absolute atomic E-state index is 0.221. The summed E-state index contributed by atoms with van der Waals surface area (Å²) in [5, 5.41) is 0.221. The Hall–Kier alpha value is -2.67. The quantitative estimate of drug-likeness (QED) is 0.602. The predicted molar refractivity (Wildman–Crippen MR) is 94.7 cm³/mol. The van der Waals surface area contributed by atoms with Gasteiger partial charge in [0.05, 0.1) is 11.2 Å². The Bertz CT molecular complexity index is 859. The van der Waals surface area contributed by atoms with E-state index >= 15 is 0 Å². The van der Waals surface area contributed by atoms with Gasteiger partial charge < -0.3 is 16.4 Å². The number of halogens is 2. The summed E-state index contributed by atoms with van der Waals surface area (Å²) in [5.74, 6) is -0.797. The first-order valence-corrected chi connectivity index (χ1v) is 8.05. The maximum absolute atomic E-state index is 14.4. The van der Waals surface area contributed by atoms with Crippen molar-refractivity contribution in [2.75, 3.05) is 6.54 Å². The topological polar surface area (TPSA) is 97.6 Å². The molecular weight excluding hydrogens is 345 g/mol. The Morgan fingerprint density at radius 1 is 1.32 bits per heavy atom. The number of aromatic nitrogens is 1. The lowest BCUT2D eigenvalue weighted by Gasteiger charge is -2.30. The first-order chi connectivity index (χ1) is 11.9. The molecule has 0 saturated heterocycles. The van der Waals surface area contributed by atoms with Crippen molar-refractivity contribution < 1.29 is 9.18 Å². The second kappa shape index (κ2) is 6.68. The molecule has 8 heteroatoms. The molecule has 25 heavy (non-hydrogen) atoms. The van der Waals surface area contributed by atoms with Crippen LogP contribution in [0.5, 0.6) is 0 Å². The van der Waals surface area contributed by atoms with E-state index in [1.807, 2.05) is 19.1 Å². The number of nitrogens with two attached hydrogens (primary N) is 2. The van der Waals surface area contributed by atoms with E-state index in [2.05, 4.69) is 9.98 Å². The van der Waals surface area contributed by atoms with E-state index in [0.717, 1.165) is 22.9 Å². The van der Waals surface area contributed by atoms with Gasteiger partial charge in [-0.15, -0.1) is 0 Å². The van der Waals surface area contributed by atoms with E-state index in [4.69, 9.17) is 23.1 Å². The van der Waals surface area contributed by atoms with Crippen molar-refractivity contribution >= 4 is 23.6 Å². The molecule has 0 saturated carbocycles. The summed E-state index contributed by atoms with van der Waals surface area (Å²) < 4.78 is 14.4. The number of pyridine rings is 1. The van der Waals surface area contributed by atoms with Crippen LogP contribution in [-0.4, -0.2) is 28.4 Å². The third-order valence-corrected chi connectivity index (χ3v) is 4.55. The molecule has 1 aliphatic rings. The molecule has 3 rings (SSSR count). The molecule has 4 N–H and O–H groups in total. The highest BCUT2D eigenvalue weighted by Gasteiger charge is 2.26. The smallest absolute Gasteiger partial charge is 0.347 e. The molecule has 0 fully saturated rings. The second-order valence-electron chi connectivity index (χ2n) is 5.86. The number of carbonyl (C=O) groups is 1. The SMILES string of the molecule is Cc1ccc(-c2c(F)cncc2Cl)c2c1CCN(C(=O)N=C(N)N)C2. The van der Waals surface area contributed by atoms with Gasteiger partial charge in [-0.1, -0.05) is 23.7 Å². The van der Waals surface area contributed by atoms with Gasteiger partial charge in [0.25, 0.3) is 0 Å². The Morgan fingerprint density at radius 3 is 2.76 bits per heavy atom. The van der Waals surface area contributed by atoms with Gasteiger partial charge in [0.2, 0.25) is 0 Å². The maximum atomic E-state index is 14.4. The Kier molecular flexibility index (Phi) is 4.59. The van der Waals surface area contributed by atoms with Crippen LogP contribution in [0.25, 0.3) is 11.1 Å².